The summed E-state index contributed by atoms with van der Waals surface area (Å²) in [4.78, 5) is 12.0. The van der Waals surface area contributed by atoms with Crippen molar-refractivity contribution in [1.82, 2.24) is 0 Å². The first kappa shape index (κ1) is 13.4. The molecule has 0 fully saturated rings. The van der Waals surface area contributed by atoms with E-state index >= 15 is 0 Å². The fraction of sp³-hybridized carbons (Fsp3) is 0. The number of nitrogen functional groups attached to an aromatic ring is 1. The summed E-state index contributed by atoms with van der Waals surface area (Å²) in [6.07, 6.45) is 0. The van der Waals surface area contributed by atoms with Gasteiger partial charge in [0.15, 0.2) is 5.78 Å². The molecule has 0 radical (unpaired) electrons. The van der Waals surface area contributed by atoms with Crippen molar-refractivity contribution in [3.63, 3.8) is 0 Å². The number of ketones is 1. The highest BCUT2D eigenvalue weighted by Crippen LogP contribution is 2.23. The van der Waals surface area contributed by atoms with Crippen molar-refractivity contribution < 1.29 is 18.0 Å². The van der Waals surface area contributed by atoms with Gasteiger partial charge in [0.2, 0.25) is 0 Å². The Morgan fingerprint density at radius 3 is 2.16 bits per heavy atom. The Kier molecular flexibility index (Phi) is 3.48. The van der Waals surface area contributed by atoms with Crippen LogP contribution in [0.4, 0.5) is 18.9 Å². The predicted octanol–water partition coefficient (Wildman–Crippen LogP) is 3.57. The van der Waals surface area contributed by atoms with Crippen molar-refractivity contribution in [2.24, 2.45) is 0 Å². The maximum atomic E-state index is 13.5. The lowest BCUT2D eigenvalue weighted by molar-refractivity contribution is 0.103. The smallest absolute Gasteiger partial charge is 0.199 e. The van der Waals surface area contributed by atoms with E-state index in [0.717, 1.165) is 0 Å². The topological polar surface area (TPSA) is 43.1 Å². The van der Waals surface area contributed by atoms with Crippen LogP contribution in [0.5, 0.6) is 0 Å². The maximum absolute atomic E-state index is 13.5. The summed E-state index contributed by atoms with van der Waals surface area (Å²) in [5.74, 6) is -4.56. The first-order valence-corrected chi connectivity index (χ1v) is 5.52. The number of benzene rings is 2. The Labute approximate surface area is 111 Å². The summed E-state index contributed by atoms with van der Waals surface area (Å²) in [6.45, 7) is 0. The van der Waals surface area contributed by atoms with Gasteiger partial charge in [0.05, 0.1) is 16.3 Å². The van der Waals surface area contributed by atoms with Gasteiger partial charge < -0.3 is 5.73 Å². The van der Waals surface area contributed by atoms with Crippen molar-refractivity contribution in [2.75, 3.05) is 5.73 Å². The van der Waals surface area contributed by atoms with Crippen LogP contribution in [0.1, 0.15) is 15.9 Å². The molecule has 2 aromatic rings. The van der Waals surface area contributed by atoms with Crippen LogP contribution < -0.4 is 5.73 Å². The number of carbonyl (C=O) groups is 1. The lowest BCUT2D eigenvalue weighted by Crippen LogP contribution is -2.08. The van der Waals surface area contributed by atoms with E-state index in [2.05, 4.69) is 0 Å². The lowest BCUT2D eigenvalue weighted by atomic mass is 10.0. The number of carbonyl (C=O) groups excluding carboxylic acids is 1. The van der Waals surface area contributed by atoms with E-state index in [-0.39, 0.29) is 16.3 Å². The van der Waals surface area contributed by atoms with Crippen molar-refractivity contribution in [2.45, 2.75) is 0 Å². The van der Waals surface area contributed by atoms with Crippen LogP contribution in [0.15, 0.2) is 30.3 Å². The third-order valence-electron chi connectivity index (χ3n) is 2.49. The Hall–Kier alpha value is -2.01. The predicted molar refractivity (Wildman–Crippen MR) is 65.6 cm³/mol. The van der Waals surface area contributed by atoms with E-state index in [1.807, 2.05) is 0 Å². The maximum Gasteiger partial charge on any atom is 0.199 e. The molecule has 0 aliphatic carbocycles. The Bertz CT molecular complexity index is 650. The fourth-order valence-electron chi connectivity index (χ4n) is 1.59. The van der Waals surface area contributed by atoms with Gasteiger partial charge in [-0.1, -0.05) is 11.6 Å². The van der Waals surface area contributed by atoms with Gasteiger partial charge in [0, 0.05) is 17.7 Å². The Morgan fingerprint density at radius 2 is 1.63 bits per heavy atom. The van der Waals surface area contributed by atoms with E-state index in [1.165, 1.54) is 18.2 Å². The molecular formula is C13H7ClF3NO. The summed E-state index contributed by atoms with van der Waals surface area (Å²) in [7, 11) is 0. The van der Waals surface area contributed by atoms with E-state index in [0.29, 0.717) is 12.1 Å². The van der Waals surface area contributed by atoms with Crippen molar-refractivity contribution in [3.05, 3.63) is 63.9 Å². The molecule has 0 atom stereocenters. The number of nitrogens with two attached hydrogens (primary N) is 1. The average molecular weight is 286 g/mol. The molecule has 6 heteroatoms. The van der Waals surface area contributed by atoms with Gasteiger partial charge >= 0.3 is 0 Å². The molecule has 98 valence electrons. The van der Waals surface area contributed by atoms with E-state index < -0.39 is 28.8 Å². The van der Waals surface area contributed by atoms with Gasteiger partial charge in [0.1, 0.15) is 17.5 Å². The molecule has 0 saturated heterocycles. The van der Waals surface area contributed by atoms with Crippen LogP contribution in [0.2, 0.25) is 5.02 Å². The second kappa shape index (κ2) is 4.93. The molecule has 2 N–H and O–H groups in total. The summed E-state index contributed by atoms with van der Waals surface area (Å²) in [5, 5.41) is 0.219. The largest absolute Gasteiger partial charge is 0.398 e. The van der Waals surface area contributed by atoms with Crippen LogP contribution in [0, 0.1) is 17.5 Å². The van der Waals surface area contributed by atoms with Crippen molar-refractivity contribution in [3.8, 4) is 0 Å². The molecule has 0 saturated carbocycles. The van der Waals surface area contributed by atoms with Crippen LogP contribution in [0.3, 0.4) is 0 Å². The summed E-state index contributed by atoms with van der Waals surface area (Å²) >= 11 is 5.68. The minimum absolute atomic E-state index is 0.0358. The van der Waals surface area contributed by atoms with E-state index in [9.17, 15) is 18.0 Å². The second-order valence-electron chi connectivity index (χ2n) is 3.81. The van der Waals surface area contributed by atoms with Gasteiger partial charge in [-0.25, -0.2) is 13.2 Å². The molecule has 0 spiro atoms. The number of rotatable bonds is 2. The number of hydrogen-bond donors (Lipinski definition) is 1. The summed E-state index contributed by atoms with van der Waals surface area (Å²) in [5.41, 5.74) is 4.75. The zero-order valence-corrected chi connectivity index (χ0v) is 10.1. The molecular weight excluding hydrogens is 279 g/mol. The number of anilines is 1. The Morgan fingerprint density at radius 1 is 1.05 bits per heavy atom. The molecule has 0 unspecified atom stereocenters. The molecule has 19 heavy (non-hydrogen) atoms. The van der Waals surface area contributed by atoms with Gasteiger partial charge in [0.25, 0.3) is 0 Å². The highest BCUT2D eigenvalue weighted by atomic mass is 35.5. The molecule has 2 nitrogen and oxygen atoms in total. The third kappa shape index (κ3) is 2.56. The molecule has 0 aliphatic rings. The highest BCUT2D eigenvalue weighted by Gasteiger charge is 2.20. The zero-order chi connectivity index (χ0) is 14.2. The lowest BCUT2D eigenvalue weighted by Gasteiger charge is -2.06. The molecule has 2 rings (SSSR count). The first-order valence-electron chi connectivity index (χ1n) is 5.14. The summed E-state index contributed by atoms with van der Waals surface area (Å²) < 4.78 is 39.7. The van der Waals surface area contributed by atoms with Gasteiger partial charge in [-0.3, -0.25) is 4.79 Å². The zero-order valence-electron chi connectivity index (χ0n) is 9.38. The van der Waals surface area contributed by atoms with Gasteiger partial charge in [-0.2, -0.15) is 0 Å². The van der Waals surface area contributed by atoms with E-state index in [1.54, 1.807) is 0 Å². The highest BCUT2D eigenvalue weighted by molar-refractivity contribution is 6.33. The summed E-state index contributed by atoms with van der Waals surface area (Å²) in [6, 6.07) is 4.70. The minimum atomic E-state index is -1.27. The first-order chi connectivity index (χ1) is 8.90. The molecule has 2 aromatic carbocycles. The van der Waals surface area contributed by atoms with Crippen molar-refractivity contribution >= 4 is 23.1 Å². The van der Waals surface area contributed by atoms with Crippen LogP contribution in [-0.4, -0.2) is 5.78 Å². The molecule has 0 heterocycles. The molecule has 0 aliphatic heterocycles. The van der Waals surface area contributed by atoms with Crippen LogP contribution in [-0.2, 0) is 0 Å². The van der Waals surface area contributed by atoms with Crippen LogP contribution in [0.25, 0.3) is 0 Å². The quantitative estimate of drug-likeness (QED) is 0.677. The molecule has 0 bridgehead atoms. The van der Waals surface area contributed by atoms with Crippen LogP contribution >= 0.6 is 11.6 Å². The number of hydrogen-bond acceptors (Lipinski definition) is 2. The molecule has 0 aromatic heterocycles. The molecule has 0 amide bonds. The average Bonchev–Trinajstić information content (AvgIpc) is 2.31. The van der Waals surface area contributed by atoms with Gasteiger partial charge in [-0.05, 0) is 18.2 Å². The minimum Gasteiger partial charge on any atom is -0.398 e. The van der Waals surface area contributed by atoms with E-state index in [4.69, 9.17) is 17.3 Å². The SMILES string of the molecule is Nc1cc(C(=O)c2c(F)cc(F)cc2F)ccc1Cl. The fourth-order valence-corrected chi connectivity index (χ4v) is 1.71. The van der Waals surface area contributed by atoms with Gasteiger partial charge in [-0.15, -0.1) is 0 Å². The second-order valence-corrected chi connectivity index (χ2v) is 4.22. The third-order valence-corrected chi connectivity index (χ3v) is 2.84. The van der Waals surface area contributed by atoms with Crippen molar-refractivity contribution in [1.29, 1.82) is 0 Å². The standard InChI is InChI=1S/C13H7ClF3NO/c14-8-2-1-6(3-11(8)18)13(19)12-9(16)4-7(15)5-10(12)17/h1-5H,18H2. The Balaban J connectivity index is 2.53. The number of halogens is 4. The normalized spacial score (nSPS) is 10.5. The monoisotopic (exact) mass is 285 g/mol.